The van der Waals surface area contributed by atoms with Gasteiger partial charge < -0.3 is 15.7 Å². The van der Waals surface area contributed by atoms with E-state index in [9.17, 15) is 33.2 Å². The van der Waals surface area contributed by atoms with E-state index in [0.717, 1.165) is 12.1 Å². The van der Waals surface area contributed by atoms with Crippen LogP contribution in [0.25, 0.3) is 0 Å². The van der Waals surface area contributed by atoms with Crippen molar-refractivity contribution in [2.45, 2.75) is 18.5 Å². The molecule has 2 unspecified atom stereocenters. The van der Waals surface area contributed by atoms with Crippen molar-refractivity contribution in [3.8, 4) is 5.75 Å². The number of nitrogens with one attached hydrogen (secondary N) is 2. The lowest BCUT2D eigenvalue weighted by Gasteiger charge is -2.14. The van der Waals surface area contributed by atoms with Crippen LogP contribution in [0.2, 0.25) is 0 Å². The molecular weight excluding hydrogens is 367 g/mol. The van der Waals surface area contributed by atoms with Gasteiger partial charge in [0.05, 0.1) is 22.6 Å². The van der Waals surface area contributed by atoms with Crippen molar-refractivity contribution < 1.29 is 28.0 Å². The van der Waals surface area contributed by atoms with Crippen LogP contribution in [-0.2, 0) is 0 Å². The number of phenolic OH excluding ortho intramolecular Hbond substituents is 1. The van der Waals surface area contributed by atoms with Crippen molar-refractivity contribution in [1.29, 1.82) is 0 Å². The fourth-order valence-corrected chi connectivity index (χ4v) is 2.87. The molecule has 3 rings (SSSR count). The first-order valence-electron chi connectivity index (χ1n) is 7.88. The van der Waals surface area contributed by atoms with E-state index in [2.05, 4.69) is 10.6 Å². The van der Waals surface area contributed by atoms with Gasteiger partial charge >= 0.3 is 12.2 Å². The number of carbonyl (C=O) groups excluding carboxylic acids is 1. The number of nitro benzene ring substituents is 1. The van der Waals surface area contributed by atoms with E-state index in [1.54, 1.807) is 30.3 Å². The molecule has 1 aliphatic carbocycles. The van der Waals surface area contributed by atoms with Gasteiger partial charge in [-0.25, -0.2) is 4.79 Å². The van der Waals surface area contributed by atoms with Crippen LogP contribution in [0.3, 0.4) is 0 Å². The maximum Gasteiger partial charge on any atom is 0.392 e. The normalized spacial score (nSPS) is 18.6. The lowest BCUT2D eigenvalue weighted by Crippen LogP contribution is -2.20. The average Bonchev–Trinajstić information content (AvgIpc) is 3.38. The van der Waals surface area contributed by atoms with Gasteiger partial charge in [0.15, 0.2) is 0 Å². The molecule has 1 aliphatic rings. The summed E-state index contributed by atoms with van der Waals surface area (Å²) < 4.78 is 38.8. The summed E-state index contributed by atoms with van der Waals surface area (Å²) in [6.45, 7) is 0. The second kappa shape index (κ2) is 6.78. The van der Waals surface area contributed by atoms with Gasteiger partial charge in [0.25, 0.3) is 5.69 Å². The van der Waals surface area contributed by atoms with Gasteiger partial charge in [0.2, 0.25) is 0 Å². The Morgan fingerprint density at radius 2 is 1.85 bits per heavy atom. The molecule has 0 heterocycles. The minimum atomic E-state index is -4.46. The Labute approximate surface area is 151 Å². The number of urea groups is 1. The molecule has 1 fully saturated rings. The molecule has 3 N–H and O–H groups in total. The van der Waals surface area contributed by atoms with Crippen LogP contribution < -0.4 is 10.6 Å². The van der Waals surface area contributed by atoms with Crippen molar-refractivity contribution >= 4 is 23.1 Å². The molecular formula is C17H14F3N3O4. The number of hydrogen-bond donors (Lipinski definition) is 3. The predicted molar refractivity (Wildman–Crippen MR) is 90.7 cm³/mol. The number of anilines is 2. The Morgan fingerprint density at radius 1 is 1.19 bits per heavy atom. The number of rotatable bonds is 4. The van der Waals surface area contributed by atoms with Gasteiger partial charge in [-0.2, -0.15) is 13.2 Å². The fraction of sp³-hybridized carbons (Fsp3) is 0.235. The predicted octanol–water partition coefficient (Wildman–Crippen LogP) is 4.61. The molecule has 1 saturated carbocycles. The Kier molecular flexibility index (Phi) is 4.64. The minimum absolute atomic E-state index is 0.118. The zero-order chi connectivity index (χ0) is 19.8. The topological polar surface area (TPSA) is 104 Å². The van der Waals surface area contributed by atoms with Crippen LogP contribution in [0.4, 0.5) is 35.0 Å². The van der Waals surface area contributed by atoms with Gasteiger partial charge in [-0.3, -0.25) is 10.1 Å². The molecule has 27 heavy (non-hydrogen) atoms. The third-order valence-electron chi connectivity index (χ3n) is 4.22. The highest BCUT2D eigenvalue weighted by atomic mass is 19.4. The van der Waals surface area contributed by atoms with Crippen molar-refractivity contribution in [1.82, 2.24) is 0 Å². The minimum Gasteiger partial charge on any atom is -0.505 e. The molecule has 0 spiro atoms. The molecule has 0 saturated heterocycles. The van der Waals surface area contributed by atoms with E-state index in [1.807, 2.05) is 0 Å². The number of para-hydroxylation sites is 1. The zero-order valence-electron chi connectivity index (χ0n) is 13.7. The summed E-state index contributed by atoms with van der Waals surface area (Å²) in [5.74, 6) is -3.41. The first kappa shape index (κ1) is 18.5. The summed E-state index contributed by atoms with van der Waals surface area (Å²) in [5, 5.41) is 25.8. The van der Waals surface area contributed by atoms with Crippen LogP contribution in [-0.4, -0.2) is 22.2 Å². The Morgan fingerprint density at radius 3 is 2.41 bits per heavy atom. The number of nitro groups is 1. The number of carbonyl (C=O) groups is 1. The highest BCUT2D eigenvalue weighted by molar-refractivity contribution is 6.01. The maximum absolute atomic E-state index is 12.9. The van der Waals surface area contributed by atoms with E-state index in [4.69, 9.17) is 0 Å². The summed E-state index contributed by atoms with van der Waals surface area (Å²) in [6.07, 6.45) is -4.73. The Hall–Kier alpha value is -3.30. The van der Waals surface area contributed by atoms with Crippen LogP contribution >= 0.6 is 0 Å². The lowest BCUT2D eigenvalue weighted by molar-refractivity contribution is -0.385. The van der Waals surface area contributed by atoms with Crippen LogP contribution in [0.1, 0.15) is 17.9 Å². The SMILES string of the molecule is O=C(Nc1ccccc1)Nc1c(O)cc([N+](=O)[O-])cc1C1CC1C(F)(F)F. The molecule has 2 amide bonds. The highest BCUT2D eigenvalue weighted by Crippen LogP contribution is 2.58. The number of non-ortho nitro benzene ring substituents is 1. The monoisotopic (exact) mass is 381 g/mol. The summed E-state index contributed by atoms with van der Waals surface area (Å²) >= 11 is 0. The van der Waals surface area contributed by atoms with Gasteiger partial charge in [-0.15, -0.1) is 0 Å². The number of hydrogen-bond acceptors (Lipinski definition) is 4. The molecule has 10 heteroatoms. The molecule has 2 atom stereocenters. The molecule has 0 radical (unpaired) electrons. The smallest absolute Gasteiger partial charge is 0.392 e. The number of nitrogens with zero attached hydrogens (tertiary/aromatic N) is 1. The third-order valence-corrected chi connectivity index (χ3v) is 4.22. The molecule has 7 nitrogen and oxygen atoms in total. The maximum atomic E-state index is 12.9. The number of halogens is 3. The van der Waals surface area contributed by atoms with Crippen LogP contribution in [0.15, 0.2) is 42.5 Å². The van der Waals surface area contributed by atoms with Crippen molar-refractivity contribution in [3.05, 3.63) is 58.1 Å². The van der Waals surface area contributed by atoms with Gasteiger partial charge in [0.1, 0.15) is 5.75 Å². The number of amides is 2. The summed E-state index contributed by atoms with van der Waals surface area (Å²) in [4.78, 5) is 22.3. The van der Waals surface area contributed by atoms with Crippen LogP contribution in [0.5, 0.6) is 5.75 Å². The number of phenols is 1. The second-order valence-corrected chi connectivity index (χ2v) is 6.12. The van der Waals surface area contributed by atoms with Crippen molar-refractivity contribution in [3.63, 3.8) is 0 Å². The van der Waals surface area contributed by atoms with E-state index in [1.165, 1.54) is 0 Å². The quantitative estimate of drug-likeness (QED) is 0.409. The van der Waals surface area contributed by atoms with Gasteiger partial charge in [-0.1, -0.05) is 18.2 Å². The third kappa shape index (κ3) is 4.10. The van der Waals surface area contributed by atoms with E-state index in [0.29, 0.717) is 5.69 Å². The number of alkyl halides is 3. The zero-order valence-corrected chi connectivity index (χ0v) is 13.7. The Bertz CT molecular complexity index is 887. The largest absolute Gasteiger partial charge is 0.505 e. The summed E-state index contributed by atoms with van der Waals surface area (Å²) in [5.41, 5.74) is -0.514. The fourth-order valence-electron chi connectivity index (χ4n) is 2.87. The van der Waals surface area contributed by atoms with E-state index < -0.39 is 40.4 Å². The number of aromatic hydroxyl groups is 1. The van der Waals surface area contributed by atoms with E-state index >= 15 is 0 Å². The molecule has 0 bridgehead atoms. The highest BCUT2D eigenvalue weighted by Gasteiger charge is 2.57. The molecule has 0 aromatic heterocycles. The first-order valence-corrected chi connectivity index (χ1v) is 7.88. The van der Waals surface area contributed by atoms with Gasteiger partial charge in [0, 0.05) is 11.8 Å². The molecule has 2 aromatic rings. The standard InChI is InChI=1S/C17H14F3N3O4/c18-17(19,20)13-8-11(13)12-6-10(23(26)27)7-14(24)15(12)22-16(25)21-9-4-2-1-3-5-9/h1-7,11,13,24H,8H2,(H2,21,22,25). The second-order valence-electron chi connectivity index (χ2n) is 6.12. The van der Waals surface area contributed by atoms with Crippen molar-refractivity contribution in [2.75, 3.05) is 10.6 Å². The molecule has 142 valence electrons. The van der Waals surface area contributed by atoms with E-state index in [-0.39, 0.29) is 17.7 Å². The number of benzene rings is 2. The summed E-state index contributed by atoms with van der Waals surface area (Å²) in [7, 11) is 0. The average molecular weight is 381 g/mol. The lowest BCUT2D eigenvalue weighted by atomic mass is 10.0. The van der Waals surface area contributed by atoms with Crippen LogP contribution in [0, 0.1) is 16.0 Å². The Balaban J connectivity index is 1.89. The summed E-state index contributed by atoms with van der Waals surface area (Å²) in [6, 6.07) is 9.20. The molecule has 2 aromatic carbocycles. The first-order chi connectivity index (χ1) is 12.7. The molecule has 0 aliphatic heterocycles. The van der Waals surface area contributed by atoms with Gasteiger partial charge in [-0.05, 0) is 30.0 Å². The van der Waals surface area contributed by atoms with Crippen molar-refractivity contribution in [2.24, 2.45) is 5.92 Å².